The molecule has 0 atom stereocenters. The van der Waals surface area contributed by atoms with Crippen LogP contribution in [0.4, 0.5) is 4.39 Å². The summed E-state index contributed by atoms with van der Waals surface area (Å²) in [5, 5.41) is 3.06. The third kappa shape index (κ3) is 2.95. The molecule has 88 valence electrons. The summed E-state index contributed by atoms with van der Waals surface area (Å²) in [4.78, 5) is 10.9. The molecule has 4 heteroatoms. The normalized spacial score (nSPS) is 11.3. The summed E-state index contributed by atoms with van der Waals surface area (Å²) in [6, 6.07) is 4.59. The van der Waals surface area contributed by atoms with Gasteiger partial charge in [0.15, 0.2) is 0 Å². The molecule has 0 unspecified atom stereocenters. The lowest BCUT2D eigenvalue weighted by molar-refractivity contribution is -0.119. The summed E-state index contributed by atoms with van der Waals surface area (Å²) in [6.07, 6.45) is 0. The minimum absolute atomic E-state index is 0.138. The fraction of sp³-hybridized carbons (Fsp3) is 0.417. The van der Waals surface area contributed by atoms with Crippen LogP contribution in [0.5, 0.6) is 0 Å². The van der Waals surface area contributed by atoms with E-state index in [0.717, 1.165) is 0 Å². The summed E-state index contributed by atoms with van der Waals surface area (Å²) < 4.78 is 13.7. The monoisotopic (exact) mass is 243 g/mol. The molecule has 0 aliphatic rings. The molecule has 0 aliphatic heterocycles. The van der Waals surface area contributed by atoms with Gasteiger partial charge in [-0.3, -0.25) is 4.79 Å². The minimum atomic E-state index is -0.534. The van der Waals surface area contributed by atoms with E-state index in [0.29, 0.717) is 17.1 Å². The summed E-state index contributed by atoms with van der Waals surface area (Å²) in [7, 11) is 0. The molecule has 0 aliphatic carbocycles. The lowest BCUT2D eigenvalue weighted by Gasteiger charge is -2.26. The van der Waals surface area contributed by atoms with E-state index >= 15 is 0 Å². The lowest BCUT2D eigenvalue weighted by Crippen LogP contribution is -2.36. The summed E-state index contributed by atoms with van der Waals surface area (Å²) in [5.74, 6) is -0.483. The quantitative estimate of drug-likeness (QED) is 0.869. The molecule has 0 saturated heterocycles. The first-order chi connectivity index (χ1) is 7.34. The topological polar surface area (TPSA) is 29.1 Å². The van der Waals surface area contributed by atoms with E-state index in [1.165, 1.54) is 13.0 Å². The number of hydrogen-bond acceptors (Lipinski definition) is 1. The van der Waals surface area contributed by atoms with Crippen LogP contribution >= 0.6 is 11.6 Å². The number of halogens is 2. The van der Waals surface area contributed by atoms with Crippen molar-refractivity contribution in [3.05, 3.63) is 34.6 Å². The molecular weight excluding hydrogens is 229 g/mol. The van der Waals surface area contributed by atoms with Crippen LogP contribution in [-0.4, -0.2) is 12.5 Å². The minimum Gasteiger partial charge on any atom is -0.355 e. The number of carbonyl (C=O) groups excluding carboxylic acids is 1. The maximum Gasteiger partial charge on any atom is 0.216 e. The number of carbonyl (C=O) groups is 1. The van der Waals surface area contributed by atoms with Crippen LogP contribution in [0.15, 0.2) is 18.2 Å². The van der Waals surface area contributed by atoms with Gasteiger partial charge in [0.25, 0.3) is 0 Å². The zero-order valence-corrected chi connectivity index (χ0v) is 10.4. The molecular formula is C12H15ClFNO. The molecule has 1 rings (SSSR count). The second-order valence-electron chi connectivity index (χ2n) is 4.39. The highest BCUT2D eigenvalue weighted by molar-refractivity contribution is 6.31. The predicted octanol–water partition coefficient (Wildman–Crippen LogP) is 2.89. The Hall–Kier alpha value is -1.09. The van der Waals surface area contributed by atoms with E-state index in [-0.39, 0.29) is 11.7 Å². The molecule has 1 amide bonds. The Morgan fingerprint density at radius 1 is 1.50 bits per heavy atom. The van der Waals surface area contributed by atoms with Crippen molar-refractivity contribution in [3.8, 4) is 0 Å². The van der Waals surface area contributed by atoms with Crippen molar-refractivity contribution < 1.29 is 9.18 Å². The molecule has 0 bridgehead atoms. The van der Waals surface area contributed by atoms with Gasteiger partial charge in [0.05, 0.1) is 0 Å². The smallest absolute Gasteiger partial charge is 0.216 e. The van der Waals surface area contributed by atoms with E-state index in [2.05, 4.69) is 5.32 Å². The van der Waals surface area contributed by atoms with Crippen LogP contribution in [-0.2, 0) is 10.2 Å². The molecule has 0 fully saturated rings. The van der Waals surface area contributed by atoms with Crippen molar-refractivity contribution in [1.29, 1.82) is 0 Å². The lowest BCUT2D eigenvalue weighted by atomic mass is 9.84. The van der Waals surface area contributed by atoms with E-state index in [9.17, 15) is 9.18 Å². The molecule has 1 aromatic rings. The fourth-order valence-electron chi connectivity index (χ4n) is 1.58. The SMILES string of the molecule is CC(=O)NCC(C)(C)c1c(F)cccc1Cl. The van der Waals surface area contributed by atoms with Crippen LogP contribution in [0.3, 0.4) is 0 Å². The van der Waals surface area contributed by atoms with Crippen molar-refractivity contribution in [1.82, 2.24) is 5.32 Å². The van der Waals surface area contributed by atoms with Gasteiger partial charge >= 0.3 is 0 Å². The van der Waals surface area contributed by atoms with E-state index < -0.39 is 5.41 Å². The van der Waals surface area contributed by atoms with Crippen LogP contribution < -0.4 is 5.32 Å². The van der Waals surface area contributed by atoms with Gasteiger partial charge in [-0.2, -0.15) is 0 Å². The number of hydrogen-bond donors (Lipinski definition) is 1. The Kier molecular flexibility index (Phi) is 3.92. The third-order valence-corrected chi connectivity index (χ3v) is 2.73. The Morgan fingerprint density at radius 2 is 2.12 bits per heavy atom. The largest absolute Gasteiger partial charge is 0.355 e. The first kappa shape index (κ1) is 13.0. The molecule has 0 heterocycles. The Balaban J connectivity index is 3.01. The van der Waals surface area contributed by atoms with E-state index in [1.807, 2.05) is 13.8 Å². The second-order valence-corrected chi connectivity index (χ2v) is 4.80. The number of rotatable bonds is 3. The van der Waals surface area contributed by atoms with Crippen molar-refractivity contribution >= 4 is 17.5 Å². The van der Waals surface area contributed by atoms with Crippen LogP contribution in [0.1, 0.15) is 26.3 Å². The zero-order valence-electron chi connectivity index (χ0n) is 9.60. The van der Waals surface area contributed by atoms with Gasteiger partial charge in [0.1, 0.15) is 5.82 Å². The second kappa shape index (κ2) is 4.83. The molecule has 1 aromatic carbocycles. The maximum atomic E-state index is 13.7. The molecule has 0 radical (unpaired) electrons. The molecule has 16 heavy (non-hydrogen) atoms. The summed E-state index contributed by atoms with van der Waals surface area (Å²) in [5.41, 5.74) is -0.0981. The van der Waals surface area contributed by atoms with Crippen molar-refractivity contribution in [3.63, 3.8) is 0 Å². The fourth-order valence-corrected chi connectivity index (χ4v) is 2.00. The van der Waals surface area contributed by atoms with Crippen LogP contribution in [0.2, 0.25) is 5.02 Å². The van der Waals surface area contributed by atoms with Gasteiger partial charge in [-0.25, -0.2) is 4.39 Å². The zero-order chi connectivity index (χ0) is 12.3. The summed E-state index contributed by atoms with van der Waals surface area (Å²) in [6.45, 7) is 5.46. The van der Waals surface area contributed by atoms with E-state index in [4.69, 9.17) is 11.6 Å². The first-order valence-corrected chi connectivity index (χ1v) is 5.41. The molecule has 0 saturated carbocycles. The number of amides is 1. The maximum absolute atomic E-state index is 13.7. The highest BCUT2D eigenvalue weighted by Gasteiger charge is 2.26. The average molecular weight is 244 g/mol. The van der Waals surface area contributed by atoms with Gasteiger partial charge in [-0.15, -0.1) is 0 Å². The number of nitrogens with one attached hydrogen (secondary N) is 1. The van der Waals surface area contributed by atoms with Gasteiger partial charge in [-0.05, 0) is 12.1 Å². The van der Waals surface area contributed by atoms with Gasteiger partial charge in [0.2, 0.25) is 5.91 Å². The number of benzene rings is 1. The Bertz CT molecular complexity index is 384. The van der Waals surface area contributed by atoms with Crippen molar-refractivity contribution in [2.24, 2.45) is 0 Å². The molecule has 0 aromatic heterocycles. The van der Waals surface area contributed by atoms with Gasteiger partial charge < -0.3 is 5.32 Å². The van der Waals surface area contributed by atoms with Gasteiger partial charge in [0, 0.05) is 29.5 Å². The third-order valence-electron chi connectivity index (χ3n) is 2.42. The highest BCUT2D eigenvalue weighted by atomic mass is 35.5. The highest BCUT2D eigenvalue weighted by Crippen LogP contribution is 2.31. The average Bonchev–Trinajstić information content (AvgIpc) is 2.14. The molecule has 2 nitrogen and oxygen atoms in total. The Labute approximate surface area is 99.8 Å². The van der Waals surface area contributed by atoms with Gasteiger partial charge in [-0.1, -0.05) is 31.5 Å². The Morgan fingerprint density at radius 3 is 2.62 bits per heavy atom. The van der Waals surface area contributed by atoms with Crippen molar-refractivity contribution in [2.75, 3.05) is 6.54 Å². The van der Waals surface area contributed by atoms with E-state index in [1.54, 1.807) is 12.1 Å². The van der Waals surface area contributed by atoms with Crippen molar-refractivity contribution in [2.45, 2.75) is 26.2 Å². The predicted molar refractivity (Wildman–Crippen MR) is 63.1 cm³/mol. The first-order valence-electron chi connectivity index (χ1n) is 5.03. The molecule has 0 spiro atoms. The van der Waals surface area contributed by atoms with Crippen LogP contribution in [0, 0.1) is 5.82 Å². The van der Waals surface area contributed by atoms with Crippen LogP contribution in [0.25, 0.3) is 0 Å². The summed E-state index contributed by atoms with van der Waals surface area (Å²) >= 11 is 5.98. The standard InChI is InChI=1S/C12H15ClFNO/c1-8(16)15-7-12(2,3)11-9(13)5-4-6-10(11)14/h4-6H,7H2,1-3H3,(H,15,16). The molecule has 1 N–H and O–H groups in total.